The second kappa shape index (κ2) is 12.5. The molecular weight excluding hydrogens is 457 g/mol. The Bertz CT molecular complexity index is 1040. The van der Waals surface area contributed by atoms with E-state index in [4.69, 9.17) is 0 Å². The third-order valence-corrected chi connectivity index (χ3v) is 6.47. The van der Waals surface area contributed by atoms with E-state index >= 15 is 0 Å². The number of nitrogens with one attached hydrogen (secondary N) is 1. The number of nitrogens with zero attached hydrogens (tertiary/aromatic N) is 2. The highest BCUT2D eigenvalue weighted by atomic mass is 32.2. The maximum atomic E-state index is 13.3. The Morgan fingerprint density at radius 1 is 1.03 bits per heavy atom. The van der Waals surface area contributed by atoms with E-state index in [1.807, 2.05) is 51.1 Å². The predicted octanol–water partition coefficient (Wildman–Crippen LogP) is 3.70. The zero-order valence-electron chi connectivity index (χ0n) is 20.2. The van der Waals surface area contributed by atoms with Crippen molar-refractivity contribution >= 4 is 27.5 Å². The Balaban J connectivity index is 2.18. The van der Waals surface area contributed by atoms with Crippen LogP contribution < -0.4 is 9.62 Å². The summed E-state index contributed by atoms with van der Waals surface area (Å²) in [6.45, 7) is 5.92. The summed E-state index contributed by atoms with van der Waals surface area (Å²) in [5.74, 6) is -0.915. The van der Waals surface area contributed by atoms with Gasteiger partial charge in [-0.05, 0) is 56.5 Å². The summed E-state index contributed by atoms with van der Waals surface area (Å²) >= 11 is 0. The molecule has 1 N–H and O–H groups in total. The Kier molecular flexibility index (Phi) is 10.0. The van der Waals surface area contributed by atoms with Crippen molar-refractivity contribution in [2.45, 2.75) is 58.7 Å². The fourth-order valence-corrected chi connectivity index (χ4v) is 4.66. The van der Waals surface area contributed by atoms with Crippen LogP contribution in [0.15, 0.2) is 54.6 Å². The average Bonchev–Trinajstić information content (AvgIpc) is 2.76. The SMILES string of the molecule is CCC(C(=O)NC(C)C)N(Cc1ccccc1)C(=O)CCCN(c1ccc(F)cc1)S(C)(=O)=O. The molecule has 0 saturated heterocycles. The van der Waals surface area contributed by atoms with Crippen LogP contribution in [0.5, 0.6) is 0 Å². The van der Waals surface area contributed by atoms with Gasteiger partial charge in [-0.1, -0.05) is 37.3 Å². The topological polar surface area (TPSA) is 86.8 Å². The molecule has 9 heteroatoms. The largest absolute Gasteiger partial charge is 0.352 e. The van der Waals surface area contributed by atoms with Gasteiger partial charge in [0.15, 0.2) is 0 Å². The molecule has 7 nitrogen and oxygen atoms in total. The minimum atomic E-state index is -3.62. The molecule has 186 valence electrons. The van der Waals surface area contributed by atoms with Crippen LogP contribution in [0.25, 0.3) is 0 Å². The van der Waals surface area contributed by atoms with Gasteiger partial charge in [0.25, 0.3) is 0 Å². The highest BCUT2D eigenvalue weighted by Gasteiger charge is 2.29. The number of carbonyl (C=O) groups is 2. The van der Waals surface area contributed by atoms with Crippen molar-refractivity contribution in [2.75, 3.05) is 17.1 Å². The number of hydrogen-bond acceptors (Lipinski definition) is 4. The Hall–Kier alpha value is -2.94. The summed E-state index contributed by atoms with van der Waals surface area (Å²) in [5.41, 5.74) is 1.23. The molecule has 0 aromatic heterocycles. The van der Waals surface area contributed by atoms with Gasteiger partial charge in [-0.15, -0.1) is 0 Å². The van der Waals surface area contributed by atoms with Crippen LogP contribution in [0.1, 0.15) is 45.6 Å². The monoisotopic (exact) mass is 491 g/mol. The Morgan fingerprint density at radius 2 is 1.65 bits per heavy atom. The molecule has 2 amide bonds. The van der Waals surface area contributed by atoms with E-state index < -0.39 is 21.9 Å². The second-order valence-corrected chi connectivity index (χ2v) is 10.4. The Labute approximate surface area is 202 Å². The molecule has 0 radical (unpaired) electrons. The van der Waals surface area contributed by atoms with Gasteiger partial charge in [0.1, 0.15) is 11.9 Å². The molecule has 0 saturated carbocycles. The van der Waals surface area contributed by atoms with Crippen molar-refractivity contribution in [2.24, 2.45) is 0 Å². The van der Waals surface area contributed by atoms with Gasteiger partial charge in [0, 0.05) is 25.6 Å². The summed E-state index contributed by atoms with van der Waals surface area (Å²) in [5, 5.41) is 2.88. The number of anilines is 1. The first kappa shape index (κ1) is 27.3. The van der Waals surface area contributed by atoms with Crippen molar-refractivity contribution in [3.05, 3.63) is 66.0 Å². The molecule has 2 aromatic rings. The quantitative estimate of drug-likeness (QED) is 0.491. The maximum absolute atomic E-state index is 13.3. The minimum absolute atomic E-state index is 0.0599. The molecule has 34 heavy (non-hydrogen) atoms. The van der Waals surface area contributed by atoms with Crippen LogP contribution in [0.4, 0.5) is 10.1 Å². The van der Waals surface area contributed by atoms with Gasteiger partial charge in [-0.2, -0.15) is 0 Å². The van der Waals surface area contributed by atoms with Crippen LogP contribution in [-0.2, 0) is 26.2 Å². The maximum Gasteiger partial charge on any atom is 0.243 e. The molecule has 2 rings (SSSR count). The van der Waals surface area contributed by atoms with Crippen molar-refractivity contribution < 1.29 is 22.4 Å². The van der Waals surface area contributed by atoms with Gasteiger partial charge < -0.3 is 10.2 Å². The normalized spacial score (nSPS) is 12.3. The molecule has 0 aliphatic rings. The van der Waals surface area contributed by atoms with Crippen molar-refractivity contribution in [1.29, 1.82) is 0 Å². The lowest BCUT2D eigenvalue weighted by Gasteiger charge is -2.31. The number of rotatable bonds is 12. The number of benzene rings is 2. The second-order valence-electron chi connectivity index (χ2n) is 8.51. The summed E-state index contributed by atoms with van der Waals surface area (Å²) in [7, 11) is -3.62. The number of sulfonamides is 1. The fourth-order valence-electron chi connectivity index (χ4n) is 3.69. The van der Waals surface area contributed by atoms with Gasteiger partial charge in [0.05, 0.1) is 11.9 Å². The first-order valence-corrected chi connectivity index (χ1v) is 13.2. The first-order chi connectivity index (χ1) is 16.0. The minimum Gasteiger partial charge on any atom is -0.352 e. The lowest BCUT2D eigenvalue weighted by Crippen LogP contribution is -2.50. The predicted molar refractivity (Wildman–Crippen MR) is 132 cm³/mol. The molecule has 2 aromatic carbocycles. The molecule has 0 fully saturated rings. The summed E-state index contributed by atoms with van der Waals surface area (Å²) < 4.78 is 39.0. The van der Waals surface area contributed by atoms with E-state index in [-0.39, 0.29) is 43.8 Å². The molecule has 0 heterocycles. The lowest BCUT2D eigenvalue weighted by molar-refractivity contribution is -0.141. The number of hydrogen-bond donors (Lipinski definition) is 1. The van der Waals surface area contributed by atoms with Gasteiger partial charge >= 0.3 is 0 Å². The van der Waals surface area contributed by atoms with E-state index in [1.54, 1.807) is 4.90 Å². The van der Waals surface area contributed by atoms with Gasteiger partial charge in [-0.3, -0.25) is 13.9 Å². The summed E-state index contributed by atoms with van der Waals surface area (Å²) in [6, 6.07) is 13.9. The van der Waals surface area contributed by atoms with Crippen LogP contribution in [0, 0.1) is 5.82 Å². The highest BCUT2D eigenvalue weighted by molar-refractivity contribution is 7.92. The molecule has 1 atom stereocenters. The zero-order chi connectivity index (χ0) is 25.3. The third-order valence-electron chi connectivity index (χ3n) is 5.28. The highest BCUT2D eigenvalue weighted by Crippen LogP contribution is 2.20. The van der Waals surface area contributed by atoms with Crippen molar-refractivity contribution in [3.8, 4) is 0 Å². The van der Waals surface area contributed by atoms with E-state index in [9.17, 15) is 22.4 Å². The van der Waals surface area contributed by atoms with Crippen LogP contribution in [0.2, 0.25) is 0 Å². The van der Waals surface area contributed by atoms with Gasteiger partial charge in [-0.25, -0.2) is 12.8 Å². The van der Waals surface area contributed by atoms with Crippen molar-refractivity contribution in [3.63, 3.8) is 0 Å². The average molecular weight is 492 g/mol. The van der Waals surface area contributed by atoms with Gasteiger partial charge in [0.2, 0.25) is 21.8 Å². The van der Waals surface area contributed by atoms with E-state index in [1.165, 1.54) is 24.3 Å². The molecule has 0 aliphatic carbocycles. The van der Waals surface area contributed by atoms with Crippen molar-refractivity contribution in [1.82, 2.24) is 10.2 Å². The molecule has 1 unspecified atom stereocenters. The fraction of sp³-hybridized carbons (Fsp3) is 0.440. The van der Waals surface area contributed by atoms with Crippen LogP contribution in [0.3, 0.4) is 0 Å². The number of carbonyl (C=O) groups excluding carboxylic acids is 2. The van der Waals surface area contributed by atoms with Crippen LogP contribution >= 0.6 is 0 Å². The number of amides is 2. The van der Waals surface area contributed by atoms with E-state index in [0.29, 0.717) is 12.1 Å². The number of halogens is 1. The molecule has 0 spiro atoms. The summed E-state index contributed by atoms with van der Waals surface area (Å²) in [4.78, 5) is 27.7. The first-order valence-electron chi connectivity index (χ1n) is 11.4. The van der Waals surface area contributed by atoms with Crippen LogP contribution in [-0.4, -0.2) is 50.0 Å². The zero-order valence-corrected chi connectivity index (χ0v) is 21.0. The lowest BCUT2D eigenvalue weighted by atomic mass is 10.1. The molecular formula is C25H34FN3O4S. The molecule has 0 aliphatic heterocycles. The van der Waals surface area contributed by atoms with E-state index in [0.717, 1.165) is 16.1 Å². The molecule has 0 bridgehead atoms. The third kappa shape index (κ3) is 8.13. The summed E-state index contributed by atoms with van der Waals surface area (Å²) in [6.07, 6.45) is 1.83. The smallest absolute Gasteiger partial charge is 0.243 e. The van der Waals surface area contributed by atoms with E-state index in [2.05, 4.69) is 5.32 Å². The Morgan fingerprint density at radius 3 is 2.18 bits per heavy atom. The standard InChI is InChI=1S/C25H34FN3O4S/c1-5-23(25(31)27-19(2)3)28(18-20-10-7-6-8-11-20)24(30)12-9-17-29(34(4,32)33)22-15-13-21(26)14-16-22/h6-8,10-11,13-16,19,23H,5,9,12,17-18H2,1-4H3,(H,27,31).